The van der Waals surface area contributed by atoms with E-state index in [1.54, 1.807) is 0 Å². The van der Waals surface area contributed by atoms with Gasteiger partial charge in [-0.2, -0.15) is 0 Å². The Balaban J connectivity index is 2.02. The summed E-state index contributed by atoms with van der Waals surface area (Å²) < 4.78 is 27.1. The van der Waals surface area contributed by atoms with E-state index < -0.39 is 11.6 Å². The van der Waals surface area contributed by atoms with Crippen molar-refractivity contribution in [3.05, 3.63) is 23.8 Å². The van der Waals surface area contributed by atoms with E-state index in [1.807, 2.05) is 0 Å². The third kappa shape index (κ3) is 2.72. The molecule has 1 aromatic rings. The molecule has 1 aliphatic rings. The fourth-order valence-electron chi connectivity index (χ4n) is 2.52. The number of hydrogen-bond donors (Lipinski definition) is 2. The third-order valence-corrected chi connectivity index (χ3v) is 3.48. The fraction of sp³-hybridized carbons (Fsp3) is 0.538. The minimum atomic E-state index is -0.631. The van der Waals surface area contributed by atoms with Crippen LogP contribution in [0.25, 0.3) is 0 Å². The molecule has 100 valence electrons. The second kappa shape index (κ2) is 5.52. The number of likely N-dealkylation sites (tertiary alicyclic amines) is 1. The predicted molar refractivity (Wildman–Crippen MR) is 69.5 cm³/mol. The minimum absolute atomic E-state index is 0.0767. The lowest BCUT2D eigenvalue weighted by Crippen LogP contribution is -2.34. The Kier molecular flexibility index (Phi) is 4.01. The predicted octanol–water partition coefficient (Wildman–Crippen LogP) is 2.44. The molecule has 0 saturated carbocycles. The summed E-state index contributed by atoms with van der Waals surface area (Å²) >= 11 is 0. The molecule has 18 heavy (non-hydrogen) atoms. The van der Waals surface area contributed by atoms with Gasteiger partial charge in [-0.25, -0.2) is 8.78 Å². The first-order valence-corrected chi connectivity index (χ1v) is 6.34. The number of benzene rings is 1. The fourth-order valence-corrected chi connectivity index (χ4v) is 2.52. The Morgan fingerprint density at radius 2 is 2.06 bits per heavy atom. The summed E-state index contributed by atoms with van der Waals surface area (Å²) in [5.74, 6) is -1.26. The summed E-state index contributed by atoms with van der Waals surface area (Å²) in [7, 11) is 0. The van der Waals surface area contributed by atoms with E-state index in [1.165, 1.54) is 0 Å². The number of nitrogen functional groups attached to an aromatic ring is 1. The van der Waals surface area contributed by atoms with E-state index in [9.17, 15) is 8.78 Å². The van der Waals surface area contributed by atoms with Gasteiger partial charge in [0.15, 0.2) is 11.6 Å². The molecule has 1 aromatic carbocycles. The van der Waals surface area contributed by atoms with Crippen LogP contribution in [-0.4, -0.2) is 30.6 Å². The van der Waals surface area contributed by atoms with Gasteiger partial charge in [0.05, 0.1) is 0 Å². The van der Waals surface area contributed by atoms with E-state index in [4.69, 9.17) is 5.73 Å². The monoisotopic (exact) mass is 255 g/mol. The first kappa shape index (κ1) is 13.1. The number of nitrogens with two attached hydrogens (primary N) is 1. The van der Waals surface area contributed by atoms with Gasteiger partial charge in [-0.1, -0.05) is 6.92 Å². The van der Waals surface area contributed by atoms with Crippen molar-refractivity contribution in [3.8, 4) is 0 Å². The van der Waals surface area contributed by atoms with Gasteiger partial charge < -0.3 is 11.1 Å². The summed E-state index contributed by atoms with van der Waals surface area (Å²) in [4.78, 5) is 2.32. The van der Waals surface area contributed by atoms with Crippen molar-refractivity contribution >= 4 is 11.4 Å². The summed E-state index contributed by atoms with van der Waals surface area (Å²) in [6.07, 6.45) is 2.21. The maximum atomic E-state index is 13.6. The highest BCUT2D eigenvalue weighted by Gasteiger charge is 2.23. The van der Waals surface area contributed by atoms with Gasteiger partial charge in [0, 0.05) is 18.3 Å². The maximum absolute atomic E-state index is 13.6. The van der Waals surface area contributed by atoms with E-state index in [2.05, 4.69) is 17.1 Å². The van der Waals surface area contributed by atoms with Gasteiger partial charge in [0.25, 0.3) is 0 Å². The zero-order valence-corrected chi connectivity index (χ0v) is 10.5. The lowest BCUT2D eigenvalue weighted by atomic mass is 10.2. The highest BCUT2D eigenvalue weighted by molar-refractivity contribution is 5.54. The molecular weight excluding hydrogens is 236 g/mol. The van der Waals surface area contributed by atoms with Crippen molar-refractivity contribution in [3.63, 3.8) is 0 Å². The van der Waals surface area contributed by atoms with Crippen molar-refractivity contribution < 1.29 is 8.78 Å². The Morgan fingerprint density at radius 3 is 2.67 bits per heavy atom. The zero-order chi connectivity index (χ0) is 13.1. The highest BCUT2D eigenvalue weighted by Crippen LogP contribution is 2.23. The van der Waals surface area contributed by atoms with Gasteiger partial charge in [0.1, 0.15) is 5.69 Å². The molecule has 1 unspecified atom stereocenters. The molecule has 1 aliphatic heterocycles. The second-order valence-corrected chi connectivity index (χ2v) is 4.67. The van der Waals surface area contributed by atoms with Crippen molar-refractivity contribution in [1.29, 1.82) is 0 Å². The van der Waals surface area contributed by atoms with Crippen LogP contribution in [0.4, 0.5) is 20.2 Å². The van der Waals surface area contributed by atoms with Gasteiger partial charge in [-0.3, -0.25) is 4.90 Å². The molecule has 2 rings (SSSR count). The molecule has 0 aliphatic carbocycles. The lowest BCUT2D eigenvalue weighted by molar-refractivity contribution is 0.276. The Morgan fingerprint density at radius 1 is 1.39 bits per heavy atom. The smallest absolute Gasteiger partial charge is 0.151 e. The van der Waals surface area contributed by atoms with Crippen LogP contribution in [0.1, 0.15) is 19.8 Å². The Bertz CT molecular complexity index is 400. The molecule has 1 heterocycles. The molecule has 1 fully saturated rings. The number of likely N-dealkylation sites (N-methyl/N-ethyl adjacent to an activating group) is 1. The van der Waals surface area contributed by atoms with Crippen LogP contribution in [0.2, 0.25) is 0 Å². The standard InChI is InChI=1S/C13H19F2N3/c1-2-18-5-3-4-10(18)8-17-13-11(14)6-9(16)7-12(13)15/h6-7,10,17H,2-5,8,16H2,1H3. The van der Waals surface area contributed by atoms with E-state index in [0.717, 1.165) is 38.1 Å². The average molecular weight is 255 g/mol. The van der Waals surface area contributed by atoms with Crippen molar-refractivity contribution in [2.45, 2.75) is 25.8 Å². The van der Waals surface area contributed by atoms with E-state index >= 15 is 0 Å². The molecule has 5 heteroatoms. The van der Waals surface area contributed by atoms with Crippen LogP contribution in [0, 0.1) is 11.6 Å². The summed E-state index contributed by atoms with van der Waals surface area (Å²) in [6, 6.07) is 2.63. The lowest BCUT2D eigenvalue weighted by Gasteiger charge is -2.23. The quantitative estimate of drug-likeness (QED) is 0.812. The first-order valence-electron chi connectivity index (χ1n) is 6.34. The topological polar surface area (TPSA) is 41.3 Å². The van der Waals surface area contributed by atoms with Crippen LogP contribution >= 0.6 is 0 Å². The molecule has 0 bridgehead atoms. The van der Waals surface area contributed by atoms with Crippen molar-refractivity contribution in [1.82, 2.24) is 4.90 Å². The largest absolute Gasteiger partial charge is 0.399 e. The highest BCUT2D eigenvalue weighted by atomic mass is 19.1. The number of rotatable bonds is 4. The Hall–Kier alpha value is -1.36. The van der Waals surface area contributed by atoms with Crippen LogP contribution in [0.5, 0.6) is 0 Å². The number of nitrogens with one attached hydrogen (secondary N) is 1. The third-order valence-electron chi connectivity index (χ3n) is 3.48. The van der Waals surface area contributed by atoms with Crippen molar-refractivity contribution in [2.75, 3.05) is 30.7 Å². The zero-order valence-electron chi connectivity index (χ0n) is 10.5. The number of anilines is 2. The Labute approximate surface area is 106 Å². The van der Waals surface area contributed by atoms with Crippen LogP contribution in [0.3, 0.4) is 0 Å². The summed E-state index contributed by atoms with van der Waals surface area (Å²) in [5.41, 5.74) is 5.40. The molecule has 0 radical (unpaired) electrons. The second-order valence-electron chi connectivity index (χ2n) is 4.67. The number of hydrogen-bond acceptors (Lipinski definition) is 3. The van der Waals surface area contributed by atoms with Gasteiger partial charge in [0.2, 0.25) is 0 Å². The van der Waals surface area contributed by atoms with Crippen LogP contribution < -0.4 is 11.1 Å². The van der Waals surface area contributed by atoms with Crippen LogP contribution in [-0.2, 0) is 0 Å². The summed E-state index contributed by atoms with van der Waals surface area (Å²) in [5, 5.41) is 2.87. The molecule has 3 N–H and O–H groups in total. The van der Waals surface area contributed by atoms with Gasteiger partial charge in [-0.05, 0) is 38.1 Å². The van der Waals surface area contributed by atoms with E-state index in [0.29, 0.717) is 12.6 Å². The average Bonchev–Trinajstić information content (AvgIpc) is 2.75. The SMILES string of the molecule is CCN1CCCC1CNc1c(F)cc(N)cc1F. The number of halogens is 2. The molecule has 1 atom stereocenters. The van der Waals surface area contributed by atoms with Gasteiger partial charge in [-0.15, -0.1) is 0 Å². The normalized spacial score (nSPS) is 20.3. The molecule has 1 saturated heterocycles. The summed E-state index contributed by atoms with van der Waals surface area (Å²) in [6.45, 7) is 4.70. The van der Waals surface area contributed by atoms with Crippen molar-refractivity contribution in [2.24, 2.45) is 0 Å². The minimum Gasteiger partial charge on any atom is -0.399 e. The first-order chi connectivity index (χ1) is 8.61. The maximum Gasteiger partial charge on any atom is 0.151 e. The molecule has 0 amide bonds. The van der Waals surface area contributed by atoms with Gasteiger partial charge >= 0.3 is 0 Å². The van der Waals surface area contributed by atoms with E-state index in [-0.39, 0.29) is 11.4 Å². The molecule has 0 spiro atoms. The molecular formula is C13H19F2N3. The molecule has 0 aromatic heterocycles. The number of nitrogens with zero attached hydrogens (tertiary/aromatic N) is 1. The molecule has 3 nitrogen and oxygen atoms in total. The van der Waals surface area contributed by atoms with Crippen LogP contribution in [0.15, 0.2) is 12.1 Å².